The molecular weight excluding hydrogens is 264 g/mol. The molecule has 5 nitrogen and oxygen atoms in total. The van der Waals surface area contributed by atoms with Crippen LogP contribution in [0.25, 0.3) is 11.0 Å². The van der Waals surface area contributed by atoms with Gasteiger partial charge in [0.2, 0.25) is 5.91 Å². The summed E-state index contributed by atoms with van der Waals surface area (Å²) in [6.07, 6.45) is 2.26. The Kier molecular flexibility index (Phi) is 4.96. The predicted molar refractivity (Wildman–Crippen MR) is 85.4 cm³/mol. The smallest absolute Gasteiger partial charge is 0.224 e. The van der Waals surface area contributed by atoms with Gasteiger partial charge in [-0.2, -0.15) is 0 Å². The Morgan fingerprint density at radius 3 is 2.81 bits per heavy atom. The van der Waals surface area contributed by atoms with Crippen LogP contribution in [0.5, 0.6) is 0 Å². The highest BCUT2D eigenvalue weighted by atomic mass is 16.1. The Balaban J connectivity index is 2.01. The van der Waals surface area contributed by atoms with E-state index in [4.69, 9.17) is 0 Å². The summed E-state index contributed by atoms with van der Waals surface area (Å²) < 4.78 is 2.14. The first-order chi connectivity index (χ1) is 9.97. The van der Waals surface area contributed by atoms with E-state index in [9.17, 15) is 4.79 Å². The lowest BCUT2D eigenvalue weighted by Gasteiger charge is -2.10. The lowest BCUT2D eigenvalue weighted by atomic mass is 10.1. The van der Waals surface area contributed by atoms with E-state index in [0.29, 0.717) is 19.0 Å². The largest absolute Gasteiger partial charge is 0.355 e. The molecule has 0 spiro atoms. The lowest BCUT2D eigenvalue weighted by Crippen LogP contribution is -2.32. The minimum absolute atomic E-state index is 0.0551. The molecule has 1 N–H and O–H groups in total. The quantitative estimate of drug-likeness (QED) is 0.882. The number of likely N-dealkylation sites (N-methyl/N-ethyl adjacent to an activating group) is 1. The van der Waals surface area contributed by atoms with Gasteiger partial charge in [0, 0.05) is 19.1 Å². The molecule has 0 aliphatic carbocycles. The van der Waals surface area contributed by atoms with Crippen molar-refractivity contribution in [2.24, 2.45) is 0 Å². The third-order valence-corrected chi connectivity index (χ3v) is 3.44. The van der Waals surface area contributed by atoms with Crippen LogP contribution < -0.4 is 5.32 Å². The van der Waals surface area contributed by atoms with Gasteiger partial charge in [0.15, 0.2) is 0 Å². The predicted octanol–water partition coefficient (Wildman–Crippen LogP) is 1.84. The van der Waals surface area contributed by atoms with Crippen molar-refractivity contribution in [3.05, 3.63) is 30.1 Å². The minimum Gasteiger partial charge on any atom is -0.355 e. The Bertz CT molecular complexity index is 616. The Labute approximate surface area is 126 Å². The monoisotopic (exact) mass is 288 g/mol. The highest BCUT2D eigenvalue weighted by Gasteiger charge is 2.08. The van der Waals surface area contributed by atoms with Crippen LogP contribution in [-0.4, -0.2) is 47.5 Å². The van der Waals surface area contributed by atoms with Gasteiger partial charge in [0.1, 0.15) is 0 Å². The minimum atomic E-state index is 0.0551. The molecule has 1 aromatic carbocycles. The van der Waals surface area contributed by atoms with Gasteiger partial charge in [0.25, 0.3) is 0 Å². The van der Waals surface area contributed by atoms with Crippen LogP contribution in [0, 0.1) is 0 Å². The fraction of sp³-hybridized carbons (Fsp3) is 0.500. The number of nitrogens with one attached hydrogen (secondary N) is 1. The van der Waals surface area contributed by atoms with Crippen LogP contribution >= 0.6 is 0 Å². The molecule has 0 saturated heterocycles. The highest BCUT2D eigenvalue weighted by Crippen LogP contribution is 2.18. The van der Waals surface area contributed by atoms with Crippen LogP contribution in [0.15, 0.2) is 24.5 Å². The maximum absolute atomic E-state index is 11.9. The summed E-state index contributed by atoms with van der Waals surface area (Å²) >= 11 is 0. The van der Waals surface area contributed by atoms with Crippen molar-refractivity contribution >= 4 is 16.9 Å². The molecular formula is C16H24N4O. The zero-order chi connectivity index (χ0) is 15.4. The molecule has 5 heteroatoms. The van der Waals surface area contributed by atoms with E-state index in [0.717, 1.165) is 23.1 Å². The van der Waals surface area contributed by atoms with Gasteiger partial charge in [-0.1, -0.05) is 6.07 Å². The fourth-order valence-corrected chi connectivity index (χ4v) is 2.27. The molecule has 2 rings (SSSR count). The second-order valence-corrected chi connectivity index (χ2v) is 5.90. The second-order valence-electron chi connectivity index (χ2n) is 5.90. The van der Waals surface area contributed by atoms with Gasteiger partial charge in [0.05, 0.1) is 23.8 Å². The van der Waals surface area contributed by atoms with Crippen molar-refractivity contribution in [2.75, 3.05) is 27.2 Å². The van der Waals surface area contributed by atoms with Crippen molar-refractivity contribution in [3.8, 4) is 0 Å². The number of rotatable bonds is 6. The van der Waals surface area contributed by atoms with Crippen LogP contribution in [0.2, 0.25) is 0 Å². The highest BCUT2D eigenvalue weighted by molar-refractivity contribution is 5.81. The van der Waals surface area contributed by atoms with E-state index in [2.05, 4.69) is 28.7 Å². The maximum Gasteiger partial charge on any atom is 0.224 e. The molecule has 1 aromatic heterocycles. The molecule has 2 aromatic rings. The molecule has 1 amide bonds. The Morgan fingerprint density at radius 1 is 1.38 bits per heavy atom. The van der Waals surface area contributed by atoms with Crippen molar-refractivity contribution < 1.29 is 4.79 Å². The van der Waals surface area contributed by atoms with E-state index in [-0.39, 0.29) is 5.91 Å². The molecule has 0 bridgehead atoms. The van der Waals surface area contributed by atoms with E-state index in [1.54, 1.807) is 0 Å². The van der Waals surface area contributed by atoms with Crippen LogP contribution in [0.3, 0.4) is 0 Å². The molecule has 0 aliphatic rings. The maximum atomic E-state index is 11.9. The zero-order valence-corrected chi connectivity index (χ0v) is 13.3. The normalized spacial score (nSPS) is 11.5. The van der Waals surface area contributed by atoms with Gasteiger partial charge < -0.3 is 14.8 Å². The summed E-state index contributed by atoms with van der Waals surface area (Å²) in [6.45, 7) is 5.79. The summed E-state index contributed by atoms with van der Waals surface area (Å²) in [6, 6.07) is 6.44. The number of carbonyl (C=O) groups is 1. The van der Waals surface area contributed by atoms with Gasteiger partial charge in [-0.15, -0.1) is 0 Å². The molecule has 0 unspecified atom stereocenters. The standard InChI is InChI=1S/C16H24N4O/c1-12(2)20-11-18-14-9-13(5-6-15(14)20)10-16(21)17-7-8-19(3)4/h5-6,9,11-12H,7-8,10H2,1-4H3,(H,17,21). The third-order valence-electron chi connectivity index (χ3n) is 3.44. The number of hydrogen-bond donors (Lipinski definition) is 1. The number of benzene rings is 1. The number of aromatic nitrogens is 2. The Morgan fingerprint density at radius 2 is 2.14 bits per heavy atom. The summed E-state index contributed by atoms with van der Waals surface area (Å²) in [5.74, 6) is 0.0551. The second kappa shape index (κ2) is 6.72. The first kappa shape index (κ1) is 15.5. The van der Waals surface area contributed by atoms with Crippen LogP contribution in [-0.2, 0) is 11.2 Å². The molecule has 0 radical (unpaired) electrons. The number of nitrogens with zero attached hydrogens (tertiary/aromatic N) is 3. The summed E-state index contributed by atoms with van der Waals surface area (Å²) in [7, 11) is 3.98. The number of imidazole rings is 1. The number of fused-ring (bicyclic) bond motifs is 1. The molecule has 21 heavy (non-hydrogen) atoms. The third kappa shape index (κ3) is 4.04. The first-order valence-electron chi connectivity index (χ1n) is 7.34. The first-order valence-corrected chi connectivity index (χ1v) is 7.34. The molecule has 114 valence electrons. The average molecular weight is 288 g/mol. The van der Waals surface area contributed by atoms with E-state index in [1.165, 1.54) is 0 Å². The topological polar surface area (TPSA) is 50.2 Å². The molecule has 0 aliphatic heterocycles. The summed E-state index contributed by atoms with van der Waals surface area (Å²) in [4.78, 5) is 18.4. The molecule has 0 atom stereocenters. The molecule has 0 fully saturated rings. The lowest BCUT2D eigenvalue weighted by molar-refractivity contribution is -0.120. The van der Waals surface area contributed by atoms with Gasteiger partial charge >= 0.3 is 0 Å². The van der Waals surface area contributed by atoms with E-state index >= 15 is 0 Å². The van der Waals surface area contributed by atoms with Gasteiger partial charge in [-0.05, 0) is 45.6 Å². The number of amides is 1. The van der Waals surface area contributed by atoms with Crippen molar-refractivity contribution in [1.29, 1.82) is 0 Å². The summed E-state index contributed by atoms with van der Waals surface area (Å²) in [5, 5.41) is 2.93. The average Bonchev–Trinajstić information content (AvgIpc) is 2.81. The molecule has 0 saturated carbocycles. The number of carbonyl (C=O) groups excluding carboxylic acids is 1. The fourth-order valence-electron chi connectivity index (χ4n) is 2.27. The van der Waals surface area contributed by atoms with Crippen molar-refractivity contribution in [2.45, 2.75) is 26.3 Å². The van der Waals surface area contributed by atoms with Crippen molar-refractivity contribution in [3.63, 3.8) is 0 Å². The van der Waals surface area contributed by atoms with Gasteiger partial charge in [-0.25, -0.2) is 4.98 Å². The molecule has 1 heterocycles. The van der Waals surface area contributed by atoms with E-state index in [1.807, 2.05) is 43.5 Å². The summed E-state index contributed by atoms with van der Waals surface area (Å²) in [5.41, 5.74) is 3.06. The Hall–Kier alpha value is -1.88. The zero-order valence-electron chi connectivity index (χ0n) is 13.3. The SMILES string of the molecule is CC(C)n1cnc2cc(CC(=O)NCCN(C)C)ccc21. The number of hydrogen-bond acceptors (Lipinski definition) is 3. The van der Waals surface area contributed by atoms with Crippen LogP contribution in [0.4, 0.5) is 0 Å². The van der Waals surface area contributed by atoms with Gasteiger partial charge in [-0.3, -0.25) is 4.79 Å². The van der Waals surface area contributed by atoms with Crippen LogP contribution in [0.1, 0.15) is 25.5 Å². The van der Waals surface area contributed by atoms with Crippen molar-refractivity contribution in [1.82, 2.24) is 19.8 Å². The van der Waals surface area contributed by atoms with E-state index < -0.39 is 0 Å².